The van der Waals surface area contributed by atoms with Gasteiger partial charge in [-0.05, 0) is 18.4 Å². The zero-order valence-electron chi connectivity index (χ0n) is 10.2. The van der Waals surface area contributed by atoms with Gasteiger partial charge in [0.1, 0.15) is 0 Å². The molecule has 0 radical (unpaired) electrons. The Morgan fingerprint density at radius 1 is 1.24 bits per heavy atom. The van der Waals surface area contributed by atoms with Crippen LogP contribution in [0.5, 0.6) is 0 Å². The molecule has 17 heavy (non-hydrogen) atoms. The van der Waals surface area contributed by atoms with Crippen molar-refractivity contribution in [3.63, 3.8) is 0 Å². The summed E-state index contributed by atoms with van der Waals surface area (Å²) in [7, 11) is 0. The number of epoxide rings is 1. The predicted octanol–water partition coefficient (Wildman–Crippen LogP) is 3.16. The molecule has 3 rings (SSSR count). The van der Waals surface area contributed by atoms with Crippen LogP contribution in [-0.4, -0.2) is 18.8 Å². The van der Waals surface area contributed by atoms with Gasteiger partial charge in [-0.25, -0.2) is 0 Å². The highest BCUT2D eigenvalue weighted by atomic mass is 16.6. The number of hydrogen-bond acceptors (Lipinski definition) is 2. The Morgan fingerprint density at radius 2 is 2.06 bits per heavy atom. The van der Waals surface area contributed by atoms with Crippen molar-refractivity contribution < 1.29 is 9.47 Å². The lowest BCUT2D eigenvalue weighted by Crippen LogP contribution is -2.31. The van der Waals surface area contributed by atoms with E-state index in [1.165, 1.54) is 31.2 Å². The van der Waals surface area contributed by atoms with E-state index in [0.29, 0.717) is 5.92 Å². The minimum atomic E-state index is 0.217. The van der Waals surface area contributed by atoms with Crippen LogP contribution in [0, 0.1) is 5.92 Å². The van der Waals surface area contributed by atoms with Crippen LogP contribution in [0.25, 0.3) is 0 Å². The van der Waals surface area contributed by atoms with E-state index in [2.05, 4.69) is 24.3 Å². The van der Waals surface area contributed by atoms with E-state index >= 15 is 0 Å². The Balaban J connectivity index is 1.48. The van der Waals surface area contributed by atoms with Crippen molar-refractivity contribution in [3.8, 4) is 0 Å². The molecular formula is C15H20O2. The first-order chi connectivity index (χ1) is 8.39. The Labute approximate surface area is 103 Å². The lowest BCUT2D eigenvalue weighted by atomic mass is 9.80. The molecule has 1 saturated heterocycles. The molecule has 1 aliphatic heterocycles. The number of ether oxygens (including phenoxy) is 2. The standard InChI is InChI=1S/C15H20O2/c1-2-6-13(7-3-1)10-16-11-14-8-4-5-9-15(14)12-17-15/h1-3,6-7,14H,4-5,8-12H2. The first-order valence-electron chi connectivity index (χ1n) is 6.65. The van der Waals surface area contributed by atoms with E-state index < -0.39 is 0 Å². The molecule has 1 saturated carbocycles. The third-order valence-electron chi connectivity index (χ3n) is 4.09. The van der Waals surface area contributed by atoms with Gasteiger partial charge >= 0.3 is 0 Å². The molecule has 2 atom stereocenters. The molecular weight excluding hydrogens is 212 g/mol. The van der Waals surface area contributed by atoms with Gasteiger partial charge < -0.3 is 9.47 Å². The minimum absolute atomic E-state index is 0.217. The molecule has 1 heterocycles. The third-order valence-corrected chi connectivity index (χ3v) is 4.09. The fourth-order valence-electron chi connectivity index (χ4n) is 2.88. The summed E-state index contributed by atoms with van der Waals surface area (Å²) in [5.74, 6) is 0.625. The minimum Gasteiger partial charge on any atom is -0.376 e. The van der Waals surface area contributed by atoms with Gasteiger partial charge in [0, 0.05) is 5.92 Å². The molecule has 2 heteroatoms. The van der Waals surface area contributed by atoms with Gasteiger partial charge in [-0.1, -0.05) is 43.2 Å². The largest absolute Gasteiger partial charge is 0.376 e. The second-order valence-electron chi connectivity index (χ2n) is 5.30. The summed E-state index contributed by atoms with van der Waals surface area (Å²) >= 11 is 0. The van der Waals surface area contributed by atoms with Crippen molar-refractivity contribution in [2.75, 3.05) is 13.2 Å². The molecule has 0 N–H and O–H groups in total. The molecule has 2 aliphatic rings. The summed E-state index contributed by atoms with van der Waals surface area (Å²) in [5, 5.41) is 0. The van der Waals surface area contributed by atoms with E-state index in [1.54, 1.807) is 0 Å². The maximum Gasteiger partial charge on any atom is 0.0966 e. The summed E-state index contributed by atoms with van der Waals surface area (Å²) in [6.45, 7) is 2.55. The van der Waals surface area contributed by atoms with Crippen molar-refractivity contribution in [3.05, 3.63) is 35.9 Å². The molecule has 0 aromatic heterocycles. The molecule has 1 aromatic carbocycles. The van der Waals surface area contributed by atoms with Crippen LogP contribution < -0.4 is 0 Å². The van der Waals surface area contributed by atoms with Crippen LogP contribution >= 0.6 is 0 Å². The molecule has 1 aromatic rings. The van der Waals surface area contributed by atoms with E-state index in [9.17, 15) is 0 Å². The highest BCUT2D eigenvalue weighted by molar-refractivity contribution is 5.13. The third kappa shape index (κ3) is 2.53. The van der Waals surface area contributed by atoms with Crippen LogP contribution in [0.2, 0.25) is 0 Å². The van der Waals surface area contributed by atoms with Gasteiger partial charge in [0.2, 0.25) is 0 Å². The van der Waals surface area contributed by atoms with Crippen LogP contribution in [-0.2, 0) is 16.1 Å². The zero-order valence-corrected chi connectivity index (χ0v) is 10.2. The maximum absolute atomic E-state index is 5.85. The molecule has 2 nitrogen and oxygen atoms in total. The lowest BCUT2D eigenvalue weighted by Gasteiger charge is -2.28. The molecule has 92 valence electrons. The quantitative estimate of drug-likeness (QED) is 0.744. The molecule has 2 unspecified atom stereocenters. The summed E-state index contributed by atoms with van der Waals surface area (Å²) < 4.78 is 11.5. The highest BCUT2D eigenvalue weighted by Gasteiger charge is 2.52. The highest BCUT2D eigenvalue weighted by Crippen LogP contribution is 2.46. The van der Waals surface area contributed by atoms with E-state index in [1.807, 2.05) is 6.07 Å². The van der Waals surface area contributed by atoms with Gasteiger partial charge in [0.15, 0.2) is 0 Å². The topological polar surface area (TPSA) is 21.8 Å². The lowest BCUT2D eigenvalue weighted by molar-refractivity contribution is 0.0342. The second-order valence-corrected chi connectivity index (χ2v) is 5.30. The molecule has 1 aliphatic carbocycles. The molecule has 0 bridgehead atoms. The van der Waals surface area contributed by atoms with E-state index in [0.717, 1.165) is 19.8 Å². The zero-order chi connectivity index (χ0) is 11.6. The predicted molar refractivity (Wildman–Crippen MR) is 66.7 cm³/mol. The Hall–Kier alpha value is -0.860. The SMILES string of the molecule is c1ccc(COCC2CCCCC23CO3)cc1. The van der Waals surface area contributed by atoms with Gasteiger partial charge in [-0.3, -0.25) is 0 Å². The van der Waals surface area contributed by atoms with Crippen LogP contribution in [0.15, 0.2) is 30.3 Å². The maximum atomic E-state index is 5.85. The Morgan fingerprint density at radius 3 is 2.82 bits per heavy atom. The first-order valence-corrected chi connectivity index (χ1v) is 6.65. The first kappa shape index (κ1) is 11.2. The second kappa shape index (κ2) is 4.79. The molecule has 2 fully saturated rings. The van der Waals surface area contributed by atoms with Crippen molar-refractivity contribution in [2.45, 2.75) is 37.9 Å². The average molecular weight is 232 g/mol. The average Bonchev–Trinajstić information content (AvgIpc) is 3.14. The van der Waals surface area contributed by atoms with E-state index in [4.69, 9.17) is 9.47 Å². The number of hydrogen-bond donors (Lipinski definition) is 0. The van der Waals surface area contributed by atoms with Crippen LogP contribution in [0.1, 0.15) is 31.2 Å². The molecule has 0 amide bonds. The van der Waals surface area contributed by atoms with Crippen molar-refractivity contribution in [2.24, 2.45) is 5.92 Å². The van der Waals surface area contributed by atoms with Crippen molar-refractivity contribution >= 4 is 0 Å². The van der Waals surface area contributed by atoms with Crippen molar-refractivity contribution in [1.29, 1.82) is 0 Å². The monoisotopic (exact) mass is 232 g/mol. The Kier molecular flexibility index (Phi) is 3.17. The fraction of sp³-hybridized carbons (Fsp3) is 0.600. The van der Waals surface area contributed by atoms with Gasteiger partial charge in [0.25, 0.3) is 0 Å². The van der Waals surface area contributed by atoms with Gasteiger partial charge in [-0.2, -0.15) is 0 Å². The fourth-order valence-corrected chi connectivity index (χ4v) is 2.88. The van der Waals surface area contributed by atoms with Crippen LogP contribution in [0.4, 0.5) is 0 Å². The summed E-state index contributed by atoms with van der Waals surface area (Å²) in [5.41, 5.74) is 1.48. The summed E-state index contributed by atoms with van der Waals surface area (Å²) in [6.07, 6.45) is 5.18. The summed E-state index contributed by atoms with van der Waals surface area (Å²) in [6, 6.07) is 10.4. The molecule has 1 spiro atoms. The van der Waals surface area contributed by atoms with Gasteiger partial charge in [0.05, 0.1) is 25.4 Å². The smallest absolute Gasteiger partial charge is 0.0966 e. The van der Waals surface area contributed by atoms with Crippen molar-refractivity contribution in [1.82, 2.24) is 0 Å². The van der Waals surface area contributed by atoms with Crippen LogP contribution in [0.3, 0.4) is 0 Å². The summed E-state index contributed by atoms with van der Waals surface area (Å²) in [4.78, 5) is 0. The van der Waals surface area contributed by atoms with E-state index in [-0.39, 0.29) is 5.60 Å². The number of rotatable bonds is 4. The van der Waals surface area contributed by atoms with Gasteiger partial charge in [-0.15, -0.1) is 0 Å². The number of benzene rings is 1. The normalized spacial score (nSPS) is 31.6. The Bertz CT molecular complexity index is 356.